The number of hydrogen-bond acceptors (Lipinski definition) is 2. The number of alkyl halides is 3. The third-order valence-corrected chi connectivity index (χ3v) is 3.98. The Bertz CT molecular complexity index is 988. The lowest BCUT2D eigenvalue weighted by Gasteiger charge is -2.16. The monoisotopic (exact) mass is 369 g/mol. The molecule has 1 unspecified atom stereocenters. The third-order valence-electron chi connectivity index (χ3n) is 3.98. The van der Waals surface area contributed by atoms with E-state index in [9.17, 15) is 23.2 Å². The van der Waals surface area contributed by atoms with Crippen LogP contribution in [0.15, 0.2) is 73.1 Å². The second-order valence-corrected chi connectivity index (χ2v) is 5.77. The molecule has 0 saturated heterocycles. The minimum Gasteiger partial charge on any atom is -0.332 e. The van der Waals surface area contributed by atoms with Gasteiger partial charge in [0, 0.05) is 12.4 Å². The summed E-state index contributed by atoms with van der Waals surface area (Å²) in [6.45, 7) is 0. The number of amides is 1. The van der Waals surface area contributed by atoms with Gasteiger partial charge in [0.25, 0.3) is 5.91 Å². The van der Waals surface area contributed by atoms with Crippen molar-refractivity contribution < 1.29 is 18.0 Å². The van der Waals surface area contributed by atoms with Crippen molar-refractivity contribution in [2.75, 3.05) is 0 Å². The highest BCUT2D eigenvalue weighted by Gasteiger charge is 2.31. The first kappa shape index (κ1) is 18.3. The molecule has 0 saturated carbocycles. The average Bonchev–Trinajstić information content (AvgIpc) is 3.20. The molecule has 0 aliphatic rings. The van der Waals surface area contributed by atoms with Crippen molar-refractivity contribution in [3.63, 3.8) is 0 Å². The minimum absolute atomic E-state index is 0.0686. The number of nitrogens with one attached hydrogen (secondary N) is 1. The summed E-state index contributed by atoms with van der Waals surface area (Å²) in [5, 5.41) is 11.9. The predicted octanol–water partition coefficient (Wildman–Crippen LogP) is 4.49. The Morgan fingerprint density at radius 3 is 2.41 bits per heavy atom. The van der Waals surface area contributed by atoms with Gasteiger partial charge in [-0.15, -0.1) is 0 Å². The van der Waals surface area contributed by atoms with E-state index in [0.29, 0.717) is 11.3 Å². The summed E-state index contributed by atoms with van der Waals surface area (Å²) in [6.07, 6.45) is -0.998. The van der Waals surface area contributed by atoms with Crippen LogP contribution in [0.2, 0.25) is 0 Å². The zero-order valence-corrected chi connectivity index (χ0v) is 13.9. The third kappa shape index (κ3) is 4.01. The first-order valence-corrected chi connectivity index (χ1v) is 8.00. The first-order chi connectivity index (χ1) is 12.9. The number of hydrogen-bond donors (Lipinski definition) is 1. The van der Waals surface area contributed by atoms with Crippen LogP contribution in [-0.4, -0.2) is 10.5 Å². The molecule has 0 fully saturated rings. The number of carbonyl (C=O) groups is 1. The molecule has 136 valence electrons. The molecule has 0 spiro atoms. The van der Waals surface area contributed by atoms with Gasteiger partial charge in [-0.3, -0.25) is 4.79 Å². The van der Waals surface area contributed by atoms with Gasteiger partial charge in [0.2, 0.25) is 0 Å². The fourth-order valence-electron chi connectivity index (χ4n) is 2.68. The van der Waals surface area contributed by atoms with E-state index < -0.39 is 23.7 Å². The van der Waals surface area contributed by atoms with E-state index in [2.05, 4.69) is 5.32 Å². The molecular formula is C20H14F3N3O. The number of nitriles is 1. The highest BCUT2D eigenvalue weighted by atomic mass is 19.4. The van der Waals surface area contributed by atoms with Crippen LogP contribution in [0.5, 0.6) is 0 Å². The van der Waals surface area contributed by atoms with Crippen molar-refractivity contribution in [2.24, 2.45) is 0 Å². The van der Waals surface area contributed by atoms with Crippen molar-refractivity contribution in [3.05, 3.63) is 89.7 Å². The van der Waals surface area contributed by atoms with Gasteiger partial charge < -0.3 is 9.88 Å². The van der Waals surface area contributed by atoms with Crippen molar-refractivity contribution >= 4 is 5.91 Å². The summed E-state index contributed by atoms with van der Waals surface area (Å²) in [4.78, 5) is 12.7. The summed E-state index contributed by atoms with van der Waals surface area (Å²) >= 11 is 0. The molecule has 1 amide bonds. The standard InChI is InChI=1S/C20H14F3N3O/c21-20(22,23)15-7-5-6-14(12-15)17(13-24)25-19(27)16-8-1-2-9-18(16)26-10-3-4-11-26/h1-12,17H,(H,25,27). The van der Waals surface area contributed by atoms with Crippen molar-refractivity contribution in [3.8, 4) is 11.8 Å². The molecule has 1 atom stereocenters. The van der Waals surface area contributed by atoms with Crippen LogP contribution >= 0.6 is 0 Å². The maximum atomic E-state index is 12.9. The van der Waals surface area contributed by atoms with Crippen LogP contribution in [0.3, 0.4) is 0 Å². The van der Waals surface area contributed by atoms with E-state index in [-0.39, 0.29) is 5.56 Å². The lowest BCUT2D eigenvalue weighted by molar-refractivity contribution is -0.137. The van der Waals surface area contributed by atoms with Crippen LogP contribution in [0.1, 0.15) is 27.5 Å². The molecular weight excluding hydrogens is 355 g/mol. The van der Waals surface area contributed by atoms with Gasteiger partial charge in [-0.1, -0.05) is 24.3 Å². The van der Waals surface area contributed by atoms with E-state index >= 15 is 0 Å². The Morgan fingerprint density at radius 1 is 1.04 bits per heavy atom. The number of benzene rings is 2. The number of halogens is 3. The quantitative estimate of drug-likeness (QED) is 0.737. The molecule has 0 aliphatic heterocycles. The summed E-state index contributed by atoms with van der Waals surface area (Å²) in [5.74, 6) is -0.553. The van der Waals surface area contributed by atoms with Crippen molar-refractivity contribution in [2.45, 2.75) is 12.2 Å². The highest BCUT2D eigenvalue weighted by molar-refractivity contribution is 5.98. The summed E-state index contributed by atoms with van der Waals surface area (Å²) in [5.41, 5.74) is 0.100. The second-order valence-electron chi connectivity index (χ2n) is 5.77. The normalized spacial score (nSPS) is 12.2. The fraction of sp³-hybridized carbons (Fsp3) is 0.100. The smallest absolute Gasteiger partial charge is 0.332 e. The maximum absolute atomic E-state index is 12.9. The van der Waals surface area contributed by atoms with Gasteiger partial charge in [-0.25, -0.2) is 0 Å². The molecule has 1 N–H and O–H groups in total. The predicted molar refractivity (Wildman–Crippen MR) is 93.0 cm³/mol. The lowest BCUT2D eigenvalue weighted by Crippen LogP contribution is -2.28. The number of para-hydroxylation sites is 1. The van der Waals surface area contributed by atoms with Crippen LogP contribution in [0, 0.1) is 11.3 Å². The van der Waals surface area contributed by atoms with Crippen molar-refractivity contribution in [1.29, 1.82) is 5.26 Å². The van der Waals surface area contributed by atoms with Crippen LogP contribution in [0.4, 0.5) is 13.2 Å². The molecule has 1 heterocycles. The van der Waals surface area contributed by atoms with Gasteiger partial charge in [-0.05, 0) is 42.0 Å². The number of aromatic nitrogens is 1. The van der Waals surface area contributed by atoms with Gasteiger partial charge in [0.1, 0.15) is 6.04 Å². The SMILES string of the molecule is N#CC(NC(=O)c1ccccc1-n1cccc1)c1cccc(C(F)(F)F)c1. The lowest BCUT2D eigenvalue weighted by atomic mass is 10.0. The Morgan fingerprint density at radius 2 is 1.74 bits per heavy atom. The average molecular weight is 369 g/mol. The molecule has 2 aromatic carbocycles. The molecule has 7 heteroatoms. The zero-order chi connectivity index (χ0) is 19.4. The molecule has 4 nitrogen and oxygen atoms in total. The van der Waals surface area contributed by atoms with Crippen LogP contribution in [0.25, 0.3) is 5.69 Å². The Hall–Kier alpha value is -3.53. The Kier molecular flexibility index (Phi) is 4.99. The summed E-state index contributed by atoms with van der Waals surface area (Å²) < 4.78 is 40.4. The highest BCUT2D eigenvalue weighted by Crippen LogP contribution is 2.30. The van der Waals surface area contributed by atoms with E-state index in [4.69, 9.17) is 0 Å². The Balaban J connectivity index is 1.89. The molecule has 27 heavy (non-hydrogen) atoms. The molecule has 3 aromatic rings. The van der Waals surface area contributed by atoms with Crippen LogP contribution < -0.4 is 5.32 Å². The number of nitrogens with zero attached hydrogens (tertiary/aromatic N) is 2. The summed E-state index contributed by atoms with van der Waals surface area (Å²) in [6, 6.07) is 15.4. The Labute approximate surface area is 153 Å². The topological polar surface area (TPSA) is 57.8 Å². The van der Waals surface area contributed by atoms with Crippen LogP contribution in [-0.2, 0) is 6.18 Å². The van der Waals surface area contributed by atoms with E-state index in [0.717, 1.165) is 12.1 Å². The van der Waals surface area contributed by atoms with Gasteiger partial charge in [0.15, 0.2) is 0 Å². The van der Waals surface area contributed by atoms with E-state index in [1.54, 1.807) is 53.4 Å². The second kappa shape index (κ2) is 7.38. The fourth-order valence-corrected chi connectivity index (χ4v) is 2.68. The molecule has 0 aliphatic carbocycles. The maximum Gasteiger partial charge on any atom is 0.416 e. The first-order valence-electron chi connectivity index (χ1n) is 8.00. The number of carbonyl (C=O) groups excluding carboxylic acids is 1. The van der Waals surface area contributed by atoms with E-state index in [1.807, 2.05) is 6.07 Å². The van der Waals surface area contributed by atoms with E-state index in [1.165, 1.54) is 12.1 Å². The summed E-state index contributed by atoms with van der Waals surface area (Å²) in [7, 11) is 0. The molecule has 1 aromatic heterocycles. The minimum atomic E-state index is -4.53. The van der Waals surface area contributed by atoms with Gasteiger partial charge >= 0.3 is 6.18 Å². The largest absolute Gasteiger partial charge is 0.416 e. The molecule has 0 bridgehead atoms. The zero-order valence-electron chi connectivity index (χ0n) is 13.9. The van der Waals surface area contributed by atoms with Crippen molar-refractivity contribution in [1.82, 2.24) is 9.88 Å². The molecule has 3 rings (SSSR count). The molecule has 0 radical (unpaired) electrons. The number of rotatable bonds is 4. The van der Waals surface area contributed by atoms with Gasteiger partial charge in [-0.2, -0.15) is 18.4 Å². The van der Waals surface area contributed by atoms with Gasteiger partial charge in [0.05, 0.1) is 22.9 Å².